The SMILES string of the molecule is CNCC(=O)NC(C)c1cnc(N2CCCCCCC2)nc1C. The Morgan fingerprint density at radius 2 is 1.91 bits per heavy atom. The van der Waals surface area contributed by atoms with Gasteiger partial charge in [0.25, 0.3) is 0 Å². The fourth-order valence-corrected chi connectivity index (χ4v) is 3.02. The molecule has 128 valence electrons. The largest absolute Gasteiger partial charge is 0.348 e. The minimum absolute atomic E-state index is 0.0211. The van der Waals surface area contributed by atoms with Gasteiger partial charge < -0.3 is 15.5 Å². The highest BCUT2D eigenvalue weighted by Crippen LogP contribution is 2.20. The molecule has 1 aromatic rings. The smallest absolute Gasteiger partial charge is 0.234 e. The van der Waals surface area contributed by atoms with Crippen molar-refractivity contribution >= 4 is 11.9 Å². The number of nitrogens with zero attached hydrogens (tertiary/aromatic N) is 3. The number of carbonyl (C=O) groups excluding carboxylic acids is 1. The quantitative estimate of drug-likeness (QED) is 0.868. The summed E-state index contributed by atoms with van der Waals surface area (Å²) in [4.78, 5) is 23.2. The highest BCUT2D eigenvalue weighted by atomic mass is 16.1. The lowest BCUT2D eigenvalue weighted by Gasteiger charge is -2.25. The summed E-state index contributed by atoms with van der Waals surface area (Å²) in [7, 11) is 1.76. The second-order valence-corrected chi connectivity index (χ2v) is 6.29. The number of anilines is 1. The number of hydrogen-bond donors (Lipinski definition) is 2. The van der Waals surface area contributed by atoms with Gasteiger partial charge in [0, 0.05) is 30.5 Å². The van der Waals surface area contributed by atoms with Gasteiger partial charge in [-0.25, -0.2) is 9.97 Å². The molecule has 6 heteroatoms. The van der Waals surface area contributed by atoms with Crippen LogP contribution in [0.2, 0.25) is 0 Å². The Hall–Kier alpha value is -1.69. The zero-order valence-electron chi connectivity index (χ0n) is 14.6. The highest BCUT2D eigenvalue weighted by molar-refractivity contribution is 5.78. The van der Waals surface area contributed by atoms with Crippen molar-refractivity contribution in [2.24, 2.45) is 0 Å². The second-order valence-electron chi connectivity index (χ2n) is 6.29. The maximum absolute atomic E-state index is 11.7. The number of aromatic nitrogens is 2. The molecule has 23 heavy (non-hydrogen) atoms. The first-order valence-electron chi connectivity index (χ1n) is 8.64. The van der Waals surface area contributed by atoms with Crippen LogP contribution in [0.1, 0.15) is 56.3 Å². The zero-order chi connectivity index (χ0) is 16.7. The van der Waals surface area contributed by atoms with Gasteiger partial charge in [-0.2, -0.15) is 0 Å². The minimum Gasteiger partial charge on any atom is -0.348 e. The number of hydrogen-bond acceptors (Lipinski definition) is 5. The second kappa shape index (κ2) is 8.82. The summed E-state index contributed by atoms with van der Waals surface area (Å²) in [6.45, 7) is 6.34. The van der Waals surface area contributed by atoms with Gasteiger partial charge in [-0.3, -0.25) is 4.79 Å². The van der Waals surface area contributed by atoms with Gasteiger partial charge in [-0.15, -0.1) is 0 Å². The number of carbonyl (C=O) groups is 1. The Morgan fingerprint density at radius 1 is 1.26 bits per heavy atom. The Balaban J connectivity index is 2.05. The summed E-state index contributed by atoms with van der Waals surface area (Å²) < 4.78 is 0. The van der Waals surface area contributed by atoms with Crippen LogP contribution < -0.4 is 15.5 Å². The van der Waals surface area contributed by atoms with Gasteiger partial charge >= 0.3 is 0 Å². The Labute approximate surface area is 139 Å². The van der Waals surface area contributed by atoms with E-state index in [4.69, 9.17) is 4.98 Å². The Kier molecular flexibility index (Phi) is 6.77. The van der Waals surface area contributed by atoms with E-state index < -0.39 is 0 Å². The molecule has 0 bridgehead atoms. The molecular weight excluding hydrogens is 290 g/mol. The average molecular weight is 319 g/mol. The van der Waals surface area contributed by atoms with Crippen LogP contribution in [0.5, 0.6) is 0 Å². The minimum atomic E-state index is -0.0859. The van der Waals surface area contributed by atoms with E-state index >= 15 is 0 Å². The molecule has 1 aromatic heterocycles. The molecule has 1 saturated heterocycles. The fraction of sp³-hybridized carbons (Fsp3) is 0.706. The average Bonchev–Trinajstić information content (AvgIpc) is 2.46. The molecule has 1 fully saturated rings. The van der Waals surface area contributed by atoms with Gasteiger partial charge in [0.15, 0.2) is 0 Å². The predicted octanol–water partition coefficient (Wildman–Crippen LogP) is 1.95. The summed E-state index contributed by atoms with van der Waals surface area (Å²) in [5.74, 6) is 0.800. The van der Waals surface area contributed by atoms with Crippen molar-refractivity contribution < 1.29 is 4.79 Å². The first-order chi connectivity index (χ1) is 11.1. The highest BCUT2D eigenvalue weighted by Gasteiger charge is 2.16. The lowest BCUT2D eigenvalue weighted by molar-refractivity contribution is -0.120. The maximum Gasteiger partial charge on any atom is 0.234 e. The van der Waals surface area contributed by atoms with Crippen molar-refractivity contribution in [1.82, 2.24) is 20.6 Å². The van der Waals surface area contributed by atoms with Crippen molar-refractivity contribution in [1.29, 1.82) is 0 Å². The standard InChI is InChI=1S/C17H29N5O/c1-13(20-16(23)12-18-3)15-11-19-17(21-14(15)2)22-9-7-5-4-6-8-10-22/h11,13,18H,4-10,12H2,1-3H3,(H,20,23). The van der Waals surface area contributed by atoms with E-state index in [9.17, 15) is 4.79 Å². The maximum atomic E-state index is 11.7. The first kappa shape index (κ1) is 17.7. The van der Waals surface area contributed by atoms with Crippen molar-refractivity contribution in [3.8, 4) is 0 Å². The summed E-state index contributed by atoms with van der Waals surface area (Å²) >= 11 is 0. The number of rotatable bonds is 5. The van der Waals surface area contributed by atoms with Crippen LogP contribution in [-0.4, -0.2) is 42.6 Å². The van der Waals surface area contributed by atoms with E-state index in [0.29, 0.717) is 6.54 Å². The summed E-state index contributed by atoms with van der Waals surface area (Å²) in [6, 6.07) is -0.0859. The van der Waals surface area contributed by atoms with Gasteiger partial charge in [-0.1, -0.05) is 19.3 Å². The van der Waals surface area contributed by atoms with Gasteiger partial charge in [0.1, 0.15) is 0 Å². The molecular formula is C17H29N5O. The number of aryl methyl sites for hydroxylation is 1. The molecule has 1 atom stereocenters. The molecule has 1 aliphatic heterocycles. The summed E-state index contributed by atoms with van der Waals surface area (Å²) in [5, 5.41) is 5.81. The Morgan fingerprint density at radius 3 is 2.52 bits per heavy atom. The summed E-state index contributed by atoms with van der Waals surface area (Å²) in [5.41, 5.74) is 1.92. The van der Waals surface area contributed by atoms with Crippen LogP contribution >= 0.6 is 0 Å². The molecule has 2 N–H and O–H groups in total. The molecule has 0 aliphatic carbocycles. The van der Waals surface area contributed by atoms with E-state index in [-0.39, 0.29) is 11.9 Å². The van der Waals surface area contributed by atoms with Crippen LogP contribution in [0.25, 0.3) is 0 Å². The molecule has 2 heterocycles. The predicted molar refractivity (Wildman–Crippen MR) is 92.6 cm³/mol. The molecule has 1 unspecified atom stereocenters. The van der Waals surface area contributed by atoms with Crippen molar-refractivity contribution in [2.75, 3.05) is 31.6 Å². The third kappa shape index (κ3) is 5.16. The van der Waals surface area contributed by atoms with Gasteiger partial charge in [-0.05, 0) is 33.7 Å². The molecule has 1 amide bonds. The topological polar surface area (TPSA) is 70.2 Å². The number of likely N-dealkylation sites (N-methyl/N-ethyl adjacent to an activating group) is 1. The monoisotopic (exact) mass is 319 g/mol. The molecule has 0 aromatic carbocycles. The third-order valence-corrected chi connectivity index (χ3v) is 4.32. The van der Waals surface area contributed by atoms with Crippen LogP contribution in [0.3, 0.4) is 0 Å². The summed E-state index contributed by atoms with van der Waals surface area (Å²) in [6.07, 6.45) is 8.21. The molecule has 1 aliphatic rings. The Bertz CT molecular complexity index is 512. The molecule has 6 nitrogen and oxygen atoms in total. The molecule has 0 saturated carbocycles. The van der Waals surface area contributed by atoms with Crippen LogP contribution in [0.4, 0.5) is 5.95 Å². The van der Waals surface area contributed by atoms with Crippen molar-refractivity contribution in [2.45, 2.75) is 52.0 Å². The van der Waals surface area contributed by atoms with E-state index in [2.05, 4.69) is 20.5 Å². The normalized spacial score (nSPS) is 17.3. The van der Waals surface area contributed by atoms with Crippen LogP contribution in [0, 0.1) is 6.92 Å². The van der Waals surface area contributed by atoms with Crippen molar-refractivity contribution in [3.63, 3.8) is 0 Å². The number of amides is 1. The van der Waals surface area contributed by atoms with Crippen LogP contribution in [-0.2, 0) is 4.79 Å². The molecule has 0 spiro atoms. The molecule has 0 radical (unpaired) electrons. The van der Waals surface area contributed by atoms with Crippen LogP contribution in [0.15, 0.2) is 6.20 Å². The lowest BCUT2D eigenvalue weighted by atomic mass is 10.1. The first-order valence-corrected chi connectivity index (χ1v) is 8.64. The third-order valence-electron chi connectivity index (χ3n) is 4.32. The lowest BCUT2D eigenvalue weighted by Crippen LogP contribution is -2.34. The van der Waals surface area contributed by atoms with E-state index in [1.165, 1.54) is 32.1 Å². The van der Waals surface area contributed by atoms with Crippen molar-refractivity contribution in [3.05, 3.63) is 17.5 Å². The van der Waals surface area contributed by atoms with E-state index in [0.717, 1.165) is 30.3 Å². The van der Waals surface area contributed by atoms with Gasteiger partial charge in [0.05, 0.1) is 12.6 Å². The molecule has 2 rings (SSSR count). The number of nitrogens with one attached hydrogen (secondary N) is 2. The van der Waals surface area contributed by atoms with Gasteiger partial charge in [0.2, 0.25) is 11.9 Å². The van der Waals surface area contributed by atoms with E-state index in [1.807, 2.05) is 20.0 Å². The fourth-order valence-electron chi connectivity index (χ4n) is 3.02. The van der Waals surface area contributed by atoms with E-state index in [1.54, 1.807) is 7.05 Å². The zero-order valence-corrected chi connectivity index (χ0v) is 14.6.